The van der Waals surface area contributed by atoms with Crippen LogP contribution in [0.15, 0.2) is 106 Å². The van der Waals surface area contributed by atoms with Crippen LogP contribution in [0.3, 0.4) is 0 Å². The Kier molecular flexibility index (Phi) is 8.07. The summed E-state index contributed by atoms with van der Waals surface area (Å²) in [5, 5.41) is 5.54. The van der Waals surface area contributed by atoms with Crippen LogP contribution in [0.1, 0.15) is 36.2 Å². The highest BCUT2D eigenvalue weighted by atomic mass is 32.2. The molecule has 1 amide bonds. The first kappa shape index (κ1) is 26.2. The van der Waals surface area contributed by atoms with E-state index in [9.17, 15) is 9.59 Å². The lowest BCUT2D eigenvalue weighted by Gasteiger charge is -2.36. The molecular weight excluding hydrogens is 512 g/mol. The molecular formula is C30H28N4O4S. The summed E-state index contributed by atoms with van der Waals surface area (Å²) >= 11 is 1.43. The molecule has 0 unspecified atom stereocenters. The van der Waals surface area contributed by atoms with Gasteiger partial charge in [-0.05, 0) is 47.7 Å². The third-order valence-corrected chi connectivity index (χ3v) is 7.25. The van der Waals surface area contributed by atoms with E-state index in [4.69, 9.17) is 9.47 Å². The number of methoxy groups -OCH3 is 1. The summed E-state index contributed by atoms with van der Waals surface area (Å²) in [6.45, 7) is 2.55. The normalized spacial score (nSPS) is 16.3. The van der Waals surface area contributed by atoms with Gasteiger partial charge in [0, 0.05) is 11.9 Å². The number of hydrogen-bond acceptors (Lipinski definition) is 8. The Balaban J connectivity index is 1.40. The van der Waals surface area contributed by atoms with Crippen molar-refractivity contribution in [1.82, 2.24) is 15.2 Å². The number of ether oxygens (including phenoxy) is 2. The van der Waals surface area contributed by atoms with Crippen molar-refractivity contribution in [2.24, 2.45) is 4.99 Å². The summed E-state index contributed by atoms with van der Waals surface area (Å²) in [4.78, 5) is 36.8. The number of esters is 1. The summed E-state index contributed by atoms with van der Waals surface area (Å²) in [6, 6.07) is 22.6. The van der Waals surface area contributed by atoms with Crippen LogP contribution in [0.5, 0.6) is 5.75 Å². The molecule has 0 saturated carbocycles. The zero-order valence-electron chi connectivity index (χ0n) is 21.7. The summed E-state index contributed by atoms with van der Waals surface area (Å²) < 4.78 is 11.2. The Hall–Kier alpha value is -4.37. The van der Waals surface area contributed by atoms with Crippen molar-refractivity contribution in [2.75, 3.05) is 7.11 Å². The predicted octanol–water partition coefficient (Wildman–Crippen LogP) is 5.12. The fourth-order valence-electron chi connectivity index (χ4n) is 4.49. The zero-order valence-corrected chi connectivity index (χ0v) is 22.5. The number of amides is 1. The van der Waals surface area contributed by atoms with Gasteiger partial charge < -0.3 is 19.7 Å². The van der Waals surface area contributed by atoms with Crippen LogP contribution in [0.2, 0.25) is 0 Å². The molecule has 0 spiro atoms. The van der Waals surface area contributed by atoms with Gasteiger partial charge in [-0.2, -0.15) is 0 Å². The van der Waals surface area contributed by atoms with Crippen LogP contribution in [-0.4, -0.2) is 34.0 Å². The number of nitrogens with zero attached hydrogens (tertiary/aromatic N) is 3. The van der Waals surface area contributed by atoms with Crippen molar-refractivity contribution in [1.29, 1.82) is 0 Å². The van der Waals surface area contributed by atoms with Crippen LogP contribution < -0.4 is 10.1 Å². The summed E-state index contributed by atoms with van der Waals surface area (Å²) in [5.74, 6) is 0.0536. The largest absolute Gasteiger partial charge is 0.489 e. The maximum atomic E-state index is 13.0. The van der Waals surface area contributed by atoms with Crippen molar-refractivity contribution in [3.8, 4) is 5.75 Å². The van der Waals surface area contributed by atoms with E-state index in [1.807, 2.05) is 83.1 Å². The smallest absolute Gasteiger partial charge is 0.338 e. The van der Waals surface area contributed by atoms with Crippen LogP contribution in [0, 0.1) is 0 Å². The topological polar surface area (TPSA) is 93.1 Å². The van der Waals surface area contributed by atoms with Gasteiger partial charge in [0.15, 0.2) is 5.17 Å². The third-order valence-electron chi connectivity index (χ3n) is 6.36. The fourth-order valence-corrected chi connectivity index (χ4v) is 5.45. The lowest BCUT2D eigenvalue weighted by atomic mass is 9.93. The molecule has 1 N–H and O–H groups in total. The number of rotatable bonds is 9. The second-order valence-electron chi connectivity index (χ2n) is 9.01. The predicted molar refractivity (Wildman–Crippen MR) is 150 cm³/mol. The van der Waals surface area contributed by atoms with E-state index in [0.717, 1.165) is 22.5 Å². The van der Waals surface area contributed by atoms with Crippen molar-refractivity contribution < 1.29 is 19.1 Å². The molecule has 8 nitrogen and oxygen atoms in total. The van der Waals surface area contributed by atoms with E-state index in [0.29, 0.717) is 35.3 Å². The maximum Gasteiger partial charge on any atom is 0.338 e. The monoisotopic (exact) mass is 540 g/mol. The lowest BCUT2D eigenvalue weighted by Crippen LogP contribution is -2.37. The number of hydrogen-bond donors (Lipinski definition) is 1. The third kappa shape index (κ3) is 6.04. The molecule has 5 rings (SSSR count). The fraction of sp³-hybridized carbons (Fsp3) is 0.200. The second kappa shape index (κ2) is 12.0. The standard InChI is InChI=1S/C30H28N4O4S/c1-20-27(29(36)37-2)28(22-11-8-13-25(15-22)38-18-21-9-4-3-5-10-21)34-24(19-39-30(34)33-20)16-26(35)32-17-23-12-6-7-14-31-23/h3-15,19,28H,16-18H2,1-2H3,(H,32,35)/t28-/m1/s1. The molecule has 0 radical (unpaired) electrons. The number of carbonyl (C=O) groups is 2. The van der Waals surface area contributed by atoms with Crippen molar-refractivity contribution in [3.05, 3.63) is 118 Å². The Morgan fingerprint density at radius 3 is 2.64 bits per heavy atom. The van der Waals surface area contributed by atoms with E-state index in [-0.39, 0.29) is 12.3 Å². The van der Waals surface area contributed by atoms with Gasteiger partial charge in [-0.1, -0.05) is 60.3 Å². The molecule has 2 aliphatic rings. The molecule has 0 bridgehead atoms. The molecule has 2 aliphatic heterocycles. The van der Waals surface area contributed by atoms with Gasteiger partial charge in [-0.15, -0.1) is 0 Å². The minimum absolute atomic E-state index is 0.118. The Labute approximate surface area is 231 Å². The summed E-state index contributed by atoms with van der Waals surface area (Å²) in [5.41, 5.74) is 4.40. The van der Waals surface area contributed by atoms with Gasteiger partial charge in [-0.25, -0.2) is 9.79 Å². The molecule has 0 fully saturated rings. The number of thioether (sulfide) groups is 1. The molecule has 0 saturated heterocycles. The molecule has 3 heterocycles. The van der Waals surface area contributed by atoms with Gasteiger partial charge >= 0.3 is 5.97 Å². The van der Waals surface area contributed by atoms with Crippen LogP contribution >= 0.6 is 11.8 Å². The highest BCUT2D eigenvalue weighted by molar-refractivity contribution is 8.16. The second-order valence-corrected chi connectivity index (χ2v) is 9.84. The van der Waals surface area contributed by atoms with Crippen LogP contribution in [0.4, 0.5) is 0 Å². The van der Waals surface area contributed by atoms with Crippen molar-refractivity contribution in [2.45, 2.75) is 32.5 Å². The van der Waals surface area contributed by atoms with E-state index >= 15 is 0 Å². The number of aromatic nitrogens is 1. The molecule has 2 aromatic carbocycles. The number of fused-ring (bicyclic) bond motifs is 1. The number of amidine groups is 1. The first-order chi connectivity index (χ1) is 19.0. The van der Waals surface area contributed by atoms with E-state index in [1.54, 1.807) is 13.1 Å². The average molecular weight is 541 g/mol. The number of carbonyl (C=O) groups excluding carboxylic acids is 2. The molecule has 0 aliphatic carbocycles. The number of pyridine rings is 1. The molecule has 3 aromatic rings. The van der Waals surface area contributed by atoms with Crippen LogP contribution in [0.25, 0.3) is 0 Å². The zero-order chi connectivity index (χ0) is 27.2. The quantitative estimate of drug-likeness (QED) is 0.377. The average Bonchev–Trinajstić information content (AvgIpc) is 3.36. The maximum absolute atomic E-state index is 13.0. The van der Waals surface area contributed by atoms with Crippen LogP contribution in [-0.2, 0) is 27.5 Å². The SMILES string of the molecule is COC(=O)C1=C(C)N=C2SC=C(CC(=O)NCc3ccccn3)N2[C@@H]1c1cccc(OCc2ccccc2)c1. The molecule has 39 heavy (non-hydrogen) atoms. The Morgan fingerprint density at radius 1 is 1.05 bits per heavy atom. The molecule has 1 aromatic heterocycles. The number of allylic oxidation sites excluding steroid dienone is 1. The first-order valence-corrected chi connectivity index (χ1v) is 13.4. The van der Waals surface area contributed by atoms with Crippen molar-refractivity contribution >= 4 is 28.8 Å². The Bertz CT molecular complexity index is 1450. The van der Waals surface area contributed by atoms with E-state index < -0.39 is 12.0 Å². The highest BCUT2D eigenvalue weighted by Gasteiger charge is 2.41. The van der Waals surface area contributed by atoms with E-state index in [1.165, 1.54) is 18.9 Å². The molecule has 1 atom stereocenters. The molecule has 9 heteroatoms. The number of nitrogens with one attached hydrogen (secondary N) is 1. The lowest BCUT2D eigenvalue weighted by molar-refractivity contribution is -0.136. The highest BCUT2D eigenvalue weighted by Crippen LogP contribution is 2.45. The number of aliphatic imine (C=N–C) groups is 1. The van der Waals surface area contributed by atoms with Gasteiger partial charge in [-0.3, -0.25) is 9.78 Å². The van der Waals surface area contributed by atoms with Gasteiger partial charge in [0.25, 0.3) is 0 Å². The van der Waals surface area contributed by atoms with Gasteiger partial charge in [0.2, 0.25) is 5.91 Å². The summed E-state index contributed by atoms with van der Waals surface area (Å²) in [7, 11) is 1.36. The summed E-state index contributed by atoms with van der Waals surface area (Å²) in [6.07, 6.45) is 1.81. The molecule has 198 valence electrons. The van der Waals surface area contributed by atoms with Crippen molar-refractivity contribution in [3.63, 3.8) is 0 Å². The minimum atomic E-state index is -0.532. The minimum Gasteiger partial charge on any atom is -0.489 e. The van der Waals surface area contributed by atoms with Gasteiger partial charge in [0.1, 0.15) is 12.4 Å². The van der Waals surface area contributed by atoms with Gasteiger partial charge in [0.05, 0.1) is 43.1 Å². The number of benzene rings is 2. The first-order valence-electron chi connectivity index (χ1n) is 12.5. The van der Waals surface area contributed by atoms with E-state index in [2.05, 4.69) is 15.3 Å². The Morgan fingerprint density at radius 2 is 1.87 bits per heavy atom.